The molecule has 0 amide bonds. The summed E-state index contributed by atoms with van der Waals surface area (Å²) >= 11 is 6.34. The highest BCUT2D eigenvalue weighted by Gasteiger charge is 2.50. The summed E-state index contributed by atoms with van der Waals surface area (Å²) in [5, 5.41) is -0.486. The zero-order valence-corrected chi connectivity index (χ0v) is 11.5. The topological polar surface area (TPSA) is 26.3 Å². The van der Waals surface area contributed by atoms with Gasteiger partial charge in [0.25, 0.3) is 0 Å². The number of alkyl halides is 1. The summed E-state index contributed by atoms with van der Waals surface area (Å²) in [6, 6.07) is 13.0. The molecule has 2 nitrogen and oxygen atoms in total. The smallest absolute Gasteiger partial charge is 0.339 e. The van der Waals surface area contributed by atoms with Crippen molar-refractivity contribution in [2.75, 3.05) is 0 Å². The molecule has 102 valence electrons. The Hall–Kier alpha value is -1.87. The largest absolute Gasteiger partial charge is 0.444 e. The Labute approximate surface area is 121 Å². The number of hydrogen-bond donors (Lipinski definition) is 0. The minimum Gasteiger partial charge on any atom is -0.444 e. The molecule has 1 heterocycles. The highest BCUT2D eigenvalue weighted by molar-refractivity contribution is 6.22. The number of hydrogen-bond acceptors (Lipinski definition) is 2. The van der Waals surface area contributed by atoms with Crippen molar-refractivity contribution in [3.63, 3.8) is 0 Å². The zero-order valence-electron chi connectivity index (χ0n) is 10.8. The first-order valence-electron chi connectivity index (χ1n) is 6.28. The maximum Gasteiger partial charge on any atom is 0.339 e. The van der Waals surface area contributed by atoms with E-state index in [4.69, 9.17) is 16.3 Å². The molecule has 0 N–H and O–H groups in total. The second kappa shape index (κ2) is 4.60. The molecular weight excluding hydrogens is 279 g/mol. The fraction of sp³-hybridized carbons (Fsp3) is 0.188. The van der Waals surface area contributed by atoms with Crippen molar-refractivity contribution in [2.45, 2.75) is 17.9 Å². The monoisotopic (exact) mass is 290 g/mol. The molecule has 0 spiro atoms. The molecule has 4 heteroatoms. The Morgan fingerprint density at radius 2 is 1.80 bits per heavy atom. The maximum absolute atomic E-state index is 13.1. The summed E-state index contributed by atoms with van der Waals surface area (Å²) in [6.07, 6.45) is 0. The third-order valence-corrected chi connectivity index (χ3v) is 3.94. The molecule has 3 rings (SSSR count). The zero-order chi connectivity index (χ0) is 14.3. The van der Waals surface area contributed by atoms with Crippen LogP contribution in [0.3, 0.4) is 0 Å². The van der Waals surface area contributed by atoms with Gasteiger partial charge in [-0.15, -0.1) is 11.6 Å². The van der Waals surface area contributed by atoms with E-state index < -0.39 is 16.9 Å². The number of esters is 1. The van der Waals surface area contributed by atoms with Crippen LogP contribution in [0.4, 0.5) is 4.39 Å². The Morgan fingerprint density at radius 1 is 1.15 bits per heavy atom. The normalized spacial score (nSPS) is 22.2. The number of carbonyl (C=O) groups is 1. The van der Waals surface area contributed by atoms with E-state index in [-0.39, 0.29) is 5.82 Å². The van der Waals surface area contributed by atoms with Crippen LogP contribution in [-0.4, -0.2) is 11.3 Å². The molecule has 0 saturated heterocycles. The van der Waals surface area contributed by atoms with Crippen LogP contribution in [-0.2, 0) is 10.3 Å². The Morgan fingerprint density at radius 3 is 2.45 bits per heavy atom. The summed E-state index contributed by atoms with van der Waals surface area (Å²) in [5.41, 5.74) is 0.825. The van der Waals surface area contributed by atoms with Crippen molar-refractivity contribution in [2.24, 2.45) is 0 Å². The van der Waals surface area contributed by atoms with Gasteiger partial charge in [-0.3, -0.25) is 0 Å². The molecule has 2 atom stereocenters. The molecule has 20 heavy (non-hydrogen) atoms. The van der Waals surface area contributed by atoms with Gasteiger partial charge in [0.1, 0.15) is 5.82 Å². The number of benzene rings is 2. The van der Waals surface area contributed by atoms with Crippen molar-refractivity contribution >= 4 is 17.6 Å². The molecule has 0 aliphatic carbocycles. The van der Waals surface area contributed by atoms with E-state index in [9.17, 15) is 9.18 Å². The van der Waals surface area contributed by atoms with Crippen LogP contribution < -0.4 is 0 Å². The molecule has 2 unspecified atom stereocenters. The number of rotatable bonds is 2. The van der Waals surface area contributed by atoms with E-state index in [2.05, 4.69) is 0 Å². The standard InChI is InChI=1S/C16H12ClFO2/c1-10(17)16(11-6-8-12(18)9-7-11)14-5-3-2-4-13(14)15(19)20-16/h2-10H,1H3. The van der Waals surface area contributed by atoms with Crippen molar-refractivity contribution in [1.82, 2.24) is 0 Å². The first-order chi connectivity index (χ1) is 9.55. The second-order valence-corrected chi connectivity index (χ2v) is 5.45. The number of fused-ring (bicyclic) bond motifs is 1. The van der Waals surface area contributed by atoms with E-state index in [1.54, 1.807) is 31.2 Å². The molecule has 0 radical (unpaired) electrons. The molecule has 2 aromatic carbocycles. The fourth-order valence-corrected chi connectivity index (χ4v) is 2.97. The van der Waals surface area contributed by atoms with Gasteiger partial charge < -0.3 is 4.74 Å². The average Bonchev–Trinajstić information content (AvgIpc) is 2.75. The molecule has 0 fully saturated rings. The van der Waals surface area contributed by atoms with Gasteiger partial charge in [-0.1, -0.05) is 30.3 Å². The van der Waals surface area contributed by atoms with Gasteiger partial charge in [0.05, 0.1) is 10.9 Å². The van der Waals surface area contributed by atoms with Gasteiger partial charge in [0.2, 0.25) is 0 Å². The molecule has 1 aliphatic rings. The first kappa shape index (κ1) is 13.1. The molecule has 0 bridgehead atoms. The Balaban J connectivity index is 2.26. The number of cyclic esters (lactones) is 1. The quantitative estimate of drug-likeness (QED) is 0.620. The summed E-state index contributed by atoms with van der Waals surface area (Å²) < 4.78 is 18.7. The van der Waals surface area contributed by atoms with Crippen molar-refractivity contribution in [1.29, 1.82) is 0 Å². The van der Waals surface area contributed by atoms with Crippen LogP contribution in [0, 0.1) is 5.82 Å². The summed E-state index contributed by atoms with van der Waals surface area (Å²) in [4.78, 5) is 12.1. The Kier molecular flexibility index (Phi) is 3.02. The molecular formula is C16H12ClFO2. The van der Waals surface area contributed by atoms with Crippen LogP contribution in [0.1, 0.15) is 28.4 Å². The minimum atomic E-state index is -1.07. The van der Waals surface area contributed by atoms with Gasteiger partial charge in [0.15, 0.2) is 5.60 Å². The minimum absolute atomic E-state index is 0.344. The lowest BCUT2D eigenvalue weighted by Gasteiger charge is -2.32. The number of carbonyl (C=O) groups excluding carboxylic acids is 1. The number of halogens is 2. The van der Waals surface area contributed by atoms with Crippen LogP contribution in [0.5, 0.6) is 0 Å². The highest BCUT2D eigenvalue weighted by atomic mass is 35.5. The van der Waals surface area contributed by atoms with Gasteiger partial charge in [0, 0.05) is 11.1 Å². The van der Waals surface area contributed by atoms with Gasteiger partial charge >= 0.3 is 5.97 Å². The second-order valence-electron chi connectivity index (χ2n) is 4.79. The summed E-state index contributed by atoms with van der Waals surface area (Å²) in [6.45, 7) is 1.76. The van der Waals surface area contributed by atoms with Crippen molar-refractivity contribution in [3.8, 4) is 0 Å². The lowest BCUT2D eigenvalue weighted by molar-refractivity contribution is 0.0106. The van der Waals surface area contributed by atoms with Gasteiger partial charge in [-0.25, -0.2) is 9.18 Å². The van der Waals surface area contributed by atoms with Gasteiger partial charge in [-0.05, 0) is 25.1 Å². The van der Waals surface area contributed by atoms with Crippen LogP contribution in [0.25, 0.3) is 0 Å². The average molecular weight is 291 g/mol. The summed E-state index contributed by atoms with van der Waals surface area (Å²) in [7, 11) is 0. The third kappa shape index (κ3) is 1.74. The predicted octanol–water partition coefficient (Wildman–Crippen LogP) is 3.87. The third-order valence-electron chi connectivity index (χ3n) is 3.63. The number of ether oxygens (including phenoxy) is 1. The maximum atomic E-state index is 13.1. The molecule has 2 aromatic rings. The SMILES string of the molecule is CC(Cl)C1(c2ccc(F)cc2)OC(=O)c2ccccc21. The van der Waals surface area contributed by atoms with Crippen LogP contribution in [0.2, 0.25) is 0 Å². The first-order valence-corrected chi connectivity index (χ1v) is 6.72. The lowest BCUT2D eigenvalue weighted by Crippen LogP contribution is -2.36. The summed E-state index contributed by atoms with van der Waals surface area (Å²) in [5.74, 6) is -0.749. The van der Waals surface area contributed by atoms with Crippen molar-refractivity contribution < 1.29 is 13.9 Å². The molecule has 1 aliphatic heterocycles. The van der Waals surface area contributed by atoms with Crippen LogP contribution >= 0.6 is 11.6 Å². The fourth-order valence-electron chi connectivity index (χ4n) is 2.68. The van der Waals surface area contributed by atoms with Crippen LogP contribution in [0.15, 0.2) is 48.5 Å². The molecule has 0 aromatic heterocycles. The van der Waals surface area contributed by atoms with E-state index in [0.717, 1.165) is 5.56 Å². The van der Waals surface area contributed by atoms with Crippen molar-refractivity contribution in [3.05, 3.63) is 71.0 Å². The lowest BCUT2D eigenvalue weighted by atomic mass is 9.83. The van der Waals surface area contributed by atoms with E-state index in [0.29, 0.717) is 11.1 Å². The predicted molar refractivity (Wildman–Crippen MR) is 74.4 cm³/mol. The molecule has 0 saturated carbocycles. The Bertz CT molecular complexity index is 666. The van der Waals surface area contributed by atoms with E-state index in [1.165, 1.54) is 12.1 Å². The van der Waals surface area contributed by atoms with E-state index in [1.807, 2.05) is 12.1 Å². The van der Waals surface area contributed by atoms with E-state index >= 15 is 0 Å². The highest BCUT2D eigenvalue weighted by Crippen LogP contribution is 2.46. The van der Waals surface area contributed by atoms with Gasteiger partial charge in [-0.2, -0.15) is 0 Å².